The fourth-order valence-electron chi connectivity index (χ4n) is 2.49. The van der Waals surface area contributed by atoms with Gasteiger partial charge in [-0.25, -0.2) is 4.79 Å². The van der Waals surface area contributed by atoms with Crippen molar-refractivity contribution in [1.29, 1.82) is 0 Å². The summed E-state index contributed by atoms with van der Waals surface area (Å²) in [4.78, 5) is 12.4. The van der Waals surface area contributed by atoms with Gasteiger partial charge in [0.1, 0.15) is 0 Å². The molecule has 0 saturated carbocycles. The third-order valence-corrected chi connectivity index (χ3v) is 4.77. The summed E-state index contributed by atoms with van der Waals surface area (Å²) in [6.45, 7) is 11.9. The number of nitrogens with zero attached hydrogens (tertiary/aromatic N) is 2. The van der Waals surface area contributed by atoms with Crippen LogP contribution >= 0.6 is 0 Å². The van der Waals surface area contributed by atoms with E-state index in [2.05, 4.69) is 5.10 Å². The number of esters is 1. The molecule has 2 rings (SSSR count). The summed E-state index contributed by atoms with van der Waals surface area (Å²) in [7, 11) is 1.01. The van der Waals surface area contributed by atoms with Crippen LogP contribution < -0.4 is 5.46 Å². The standard InChI is InChI=1S/C16H27BN2O5/c1-8-22-13(20)16(6,11-21-7)19-10-12(9-18-19)17-23-14(2,3)15(4,5)24-17/h9-10H,8,11H2,1-7H3. The molecule has 2 heterocycles. The molecule has 1 aliphatic rings. The largest absolute Gasteiger partial charge is 0.498 e. The molecule has 0 amide bonds. The average molecular weight is 338 g/mol. The highest BCUT2D eigenvalue weighted by molar-refractivity contribution is 6.62. The van der Waals surface area contributed by atoms with E-state index in [1.54, 1.807) is 30.9 Å². The molecule has 7 nitrogen and oxygen atoms in total. The molecule has 1 fully saturated rings. The Bertz CT molecular complexity index is 585. The van der Waals surface area contributed by atoms with Gasteiger partial charge in [0, 0.05) is 25.0 Å². The molecule has 1 aromatic rings. The first-order valence-corrected chi connectivity index (χ1v) is 8.14. The fraction of sp³-hybridized carbons (Fsp3) is 0.750. The zero-order valence-corrected chi connectivity index (χ0v) is 15.6. The Morgan fingerprint density at radius 3 is 2.42 bits per heavy atom. The number of methoxy groups -OCH3 is 1. The van der Waals surface area contributed by atoms with Crippen molar-refractivity contribution in [3.63, 3.8) is 0 Å². The molecule has 134 valence electrons. The van der Waals surface area contributed by atoms with Crippen LogP contribution in [0.1, 0.15) is 41.5 Å². The summed E-state index contributed by atoms with van der Waals surface area (Å²) in [5.41, 5.74) is -1.17. The maximum absolute atomic E-state index is 12.4. The first kappa shape index (κ1) is 19.0. The van der Waals surface area contributed by atoms with Crippen molar-refractivity contribution >= 4 is 18.6 Å². The molecule has 1 unspecified atom stereocenters. The van der Waals surface area contributed by atoms with Gasteiger partial charge in [0.25, 0.3) is 0 Å². The first-order chi connectivity index (χ1) is 11.1. The molecule has 1 atom stereocenters. The highest BCUT2D eigenvalue weighted by Crippen LogP contribution is 2.36. The molecule has 24 heavy (non-hydrogen) atoms. The Labute approximate surface area is 143 Å². The van der Waals surface area contributed by atoms with E-state index < -0.39 is 29.8 Å². The predicted molar refractivity (Wildman–Crippen MR) is 90.1 cm³/mol. The summed E-state index contributed by atoms with van der Waals surface area (Å²) in [6, 6.07) is 0. The second-order valence-corrected chi connectivity index (χ2v) is 7.23. The molecule has 1 aliphatic heterocycles. The minimum Gasteiger partial charge on any atom is -0.464 e. The van der Waals surface area contributed by atoms with E-state index in [9.17, 15) is 4.79 Å². The lowest BCUT2D eigenvalue weighted by Gasteiger charge is -2.32. The summed E-state index contributed by atoms with van der Waals surface area (Å²) in [5, 5.41) is 4.33. The predicted octanol–water partition coefficient (Wildman–Crippen LogP) is 1.11. The SMILES string of the molecule is CCOC(=O)C(C)(COC)n1cc(B2OC(C)(C)C(C)(C)O2)cn1. The third-order valence-electron chi connectivity index (χ3n) is 4.77. The van der Waals surface area contributed by atoms with Gasteiger partial charge < -0.3 is 18.8 Å². The number of ether oxygens (including phenoxy) is 2. The highest BCUT2D eigenvalue weighted by atomic mass is 16.7. The number of hydrogen-bond acceptors (Lipinski definition) is 6. The minimum atomic E-state index is -1.05. The Kier molecular flexibility index (Phi) is 5.13. The molecule has 0 aliphatic carbocycles. The quantitative estimate of drug-likeness (QED) is 0.572. The van der Waals surface area contributed by atoms with Crippen LogP contribution in [0.2, 0.25) is 0 Å². The van der Waals surface area contributed by atoms with Crippen LogP contribution in [-0.2, 0) is 29.1 Å². The lowest BCUT2D eigenvalue weighted by Crippen LogP contribution is -2.45. The van der Waals surface area contributed by atoms with Crippen molar-refractivity contribution in [2.24, 2.45) is 0 Å². The van der Waals surface area contributed by atoms with E-state index in [1.807, 2.05) is 27.7 Å². The Balaban J connectivity index is 2.27. The normalized spacial score (nSPS) is 21.5. The number of carbonyl (C=O) groups is 1. The monoisotopic (exact) mass is 338 g/mol. The highest BCUT2D eigenvalue weighted by Gasteiger charge is 2.52. The average Bonchev–Trinajstić information content (AvgIpc) is 3.03. The topological polar surface area (TPSA) is 71.8 Å². The van der Waals surface area contributed by atoms with Crippen LogP contribution in [0.3, 0.4) is 0 Å². The van der Waals surface area contributed by atoms with Gasteiger partial charge in [0.05, 0.1) is 24.4 Å². The van der Waals surface area contributed by atoms with Crippen molar-refractivity contribution < 1.29 is 23.6 Å². The van der Waals surface area contributed by atoms with Gasteiger partial charge >= 0.3 is 13.1 Å². The van der Waals surface area contributed by atoms with Crippen LogP contribution in [0, 0.1) is 0 Å². The van der Waals surface area contributed by atoms with Crippen molar-refractivity contribution in [3.8, 4) is 0 Å². The van der Waals surface area contributed by atoms with Gasteiger partial charge in [-0.15, -0.1) is 0 Å². The third kappa shape index (κ3) is 3.23. The molecule has 0 N–H and O–H groups in total. The summed E-state index contributed by atoms with van der Waals surface area (Å²) >= 11 is 0. The summed E-state index contributed by atoms with van der Waals surface area (Å²) in [5.74, 6) is -0.393. The second-order valence-electron chi connectivity index (χ2n) is 7.23. The zero-order chi connectivity index (χ0) is 18.2. The van der Waals surface area contributed by atoms with Gasteiger partial charge in [0.2, 0.25) is 0 Å². The van der Waals surface area contributed by atoms with Crippen LogP contribution in [-0.4, -0.2) is 54.4 Å². The molecule has 0 aromatic carbocycles. The van der Waals surface area contributed by atoms with Crippen LogP contribution in [0.25, 0.3) is 0 Å². The lowest BCUT2D eigenvalue weighted by atomic mass is 9.82. The van der Waals surface area contributed by atoms with E-state index >= 15 is 0 Å². The Hall–Kier alpha value is -1.38. The van der Waals surface area contributed by atoms with E-state index in [1.165, 1.54) is 7.11 Å². The zero-order valence-electron chi connectivity index (χ0n) is 15.6. The van der Waals surface area contributed by atoms with Crippen LogP contribution in [0.15, 0.2) is 12.4 Å². The Morgan fingerprint density at radius 2 is 1.92 bits per heavy atom. The van der Waals surface area contributed by atoms with Gasteiger partial charge in [-0.2, -0.15) is 5.10 Å². The maximum atomic E-state index is 12.4. The van der Waals surface area contributed by atoms with Crippen molar-refractivity contribution in [3.05, 3.63) is 12.4 Å². The summed E-state index contributed by atoms with van der Waals surface area (Å²) in [6.07, 6.45) is 3.40. The maximum Gasteiger partial charge on any atom is 0.498 e. The minimum absolute atomic E-state index is 0.149. The smallest absolute Gasteiger partial charge is 0.464 e. The van der Waals surface area contributed by atoms with Gasteiger partial charge in [-0.05, 0) is 41.5 Å². The van der Waals surface area contributed by atoms with E-state index in [-0.39, 0.29) is 6.61 Å². The summed E-state index contributed by atoms with van der Waals surface area (Å²) < 4.78 is 24.0. The number of hydrogen-bond donors (Lipinski definition) is 0. The molecule has 8 heteroatoms. The number of rotatable bonds is 6. The molecule has 1 saturated heterocycles. The fourth-order valence-corrected chi connectivity index (χ4v) is 2.49. The van der Waals surface area contributed by atoms with Gasteiger partial charge in [0.15, 0.2) is 5.54 Å². The number of carbonyl (C=O) groups excluding carboxylic acids is 1. The molecular formula is C16H27BN2O5. The molecule has 0 spiro atoms. The van der Waals surface area contributed by atoms with Crippen LogP contribution in [0.4, 0.5) is 0 Å². The second kappa shape index (κ2) is 6.50. The van der Waals surface area contributed by atoms with Crippen molar-refractivity contribution in [1.82, 2.24) is 9.78 Å². The number of aromatic nitrogens is 2. The Morgan fingerprint density at radius 1 is 1.33 bits per heavy atom. The molecule has 1 aromatic heterocycles. The first-order valence-electron chi connectivity index (χ1n) is 8.14. The lowest BCUT2D eigenvalue weighted by molar-refractivity contribution is -0.156. The molecule has 0 radical (unpaired) electrons. The van der Waals surface area contributed by atoms with E-state index in [0.717, 1.165) is 5.46 Å². The molecular weight excluding hydrogens is 311 g/mol. The van der Waals surface area contributed by atoms with Crippen molar-refractivity contribution in [2.75, 3.05) is 20.3 Å². The van der Waals surface area contributed by atoms with Crippen molar-refractivity contribution in [2.45, 2.75) is 58.3 Å². The van der Waals surface area contributed by atoms with E-state index in [4.69, 9.17) is 18.8 Å². The van der Waals surface area contributed by atoms with E-state index in [0.29, 0.717) is 6.61 Å². The van der Waals surface area contributed by atoms with Gasteiger partial charge in [-0.1, -0.05) is 0 Å². The van der Waals surface area contributed by atoms with Gasteiger partial charge in [-0.3, -0.25) is 4.68 Å². The molecule has 0 bridgehead atoms. The van der Waals surface area contributed by atoms with Crippen LogP contribution in [0.5, 0.6) is 0 Å².